The maximum absolute atomic E-state index is 4.12. The van der Waals surface area contributed by atoms with Gasteiger partial charge in [-0.25, -0.2) is 0 Å². The van der Waals surface area contributed by atoms with Crippen LogP contribution >= 0.6 is 24.0 Å². The number of hydrogen-bond donors (Lipinski definition) is 2. The second-order valence-electron chi connectivity index (χ2n) is 3.52. The maximum atomic E-state index is 4.12. The van der Waals surface area contributed by atoms with Crippen molar-refractivity contribution in [2.75, 3.05) is 13.6 Å². The molecular formula is C13H20IN3. The summed E-state index contributed by atoms with van der Waals surface area (Å²) >= 11 is 0. The van der Waals surface area contributed by atoms with Crippen molar-refractivity contribution in [3.05, 3.63) is 48.0 Å². The predicted molar refractivity (Wildman–Crippen MR) is 85.0 cm³/mol. The number of benzene rings is 1. The van der Waals surface area contributed by atoms with E-state index in [-0.39, 0.29) is 24.0 Å². The second-order valence-corrected chi connectivity index (χ2v) is 3.52. The van der Waals surface area contributed by atoms with Crippen molar-refractivity contribution in [1.82, 2.24) is 10.6 Å². The molecule has 0 aliphatic carbocycles. The average molecular weight is 345 g/mol. The molecule has 4 heteroatoms. The van der Waals surface area contributed by atoms with Crippen LogP contribution in [0.5, 0.6) is 0 Å². The van der Waals surface area contributed by atoms with E-state index in [4.69, 9.17) is 0 Å². The first-order chi connectivity index (χ1) is 7.77. The van der Waals surface area contributed by atoms with Crippen molar-refractivity contribution in [2.45, 2.75) is 13.5 Å². The van der Waals surface area contributed by atoms with Crippen molar-refractivity contribution < 1.29 is 0 Å². The zero-order chi connectivity index (χ0) is 11.8. The summed E-state index contributed by atoms with van der Waals surface area (Å²) in [5.74, 6) is 0.795. The van der Waals surface area contributed by atoms with Crippen LogP contribution in [-0.4, -0.2) is 19.6 Å². The van der Waals surface area contributed by atoms with Crippen molar-refractivity contribution >= 4 is 29.9 Å². The fourth-order valence-corrected chi connectivity index (χ4v) is 1.38. The number of rotatable bonds is 4. The Morgan fingerprint density at radius 3 is 2.65 bits per heavy atom. The summed E-state index contributed by atoms with van der Waals surface area (Å²) in [4.78, 5) is 4.12. The lowest BCUT2D eigenvalue weighted by Crippen LogP contribution is -2.36. The molecule has 0 aromatic heterocycles. The molecule has 0 saturated carbocycles. The van der Waals surface area contributed by atoms with Crippen molar-refractivity contribution in [2.24, 2.45) is 4.99 Å². The van der Waals surface area contributed by atoms with Gasteiger partial charge >= 0.3 is 0 Å². The van der Waals surface area contributed by atoms with Gasteiger partial charge in [0.15, 0.2) is 5.96 Å². The van der Waals surface area contributed by atoms with Crippen molar-refractivity contribution in [1.29, 1.82) is 0 Å². The summed E-state index contributed by atoms with van der Waals surface area (Å²) in [6.07, 6.45) is 1.81. The van der Waals surface area contributed by atoms with E-state index in [1.54, 1.807) is 13.1 Å². The second kappa shape index (κ2) is 9.04. The molecule has 0 amide bonds. The number of guanidine groups is 1. The number of aryl methyl sites for hydroxylation is 1. The molecule has 1 aromatic carbocycles. The molecule has 0 bridgehead atoms. The third-order valence-electron chi connectivity index (χ3n) is 2.34. The van der Waals surface area contributed by atoms with Gasteiger partial charge in [-0.3, -0.25) is 4.99 Å². The highest BCUT2D eigenvalue weighted by Crippen LogP contribution is 2.05. The van der Waals surface area contributed by atoms with E-state index >= 15 is 0 Å². The molecule has 0 aliphatic heterocycles. The van der Waals surface area contributed by atoms with Crippen molar-refractivity contribution in [3.63, 3.8) is 0 Å². The Hall–Kier alpha value is -1.04. The van der Waals surface area contributed by atoms with Crippen LogP contribution in [0.25, 0.3) is 0 Å². The molecule has 0 unspecified atom stereocenters. The van der Waals surface area contributed by atoms with Crippen LogP contribution in [0.3, 0.4) is 0 Å². The summed E-state index contributed by atoms with van der Waals surface area (Å²) in [5.41, 5.74) is 2.57. The monoisotopic (exact) mass is 345 g/mol. The Labute approximate surface area is 120 Å². The lowest BCUT2D eigenvalue weighted by molar-refractivity contribution is 0.842. The van der Waals surface area contributed by atoms with Gasteiger partial charge in [-0.05, 0) is 18.1 Å². The minimum atomic E-state index is 0. The number of halogens is 1. The normalized spacial score (nSPS) is 10.4. The first-order valence-corrected chi connectivity index (χ1v) is 5.38. The van der Waals surface area contributed by atoms with Gasteiger partial charge in [0.1, 0.15) is 0 Å². The van der Waals surface area contributed by atoms with E-state index in [0.717, 1.165) is 12.5 Å². The van der Waals surface area contributed by atoms with E-state index in [1.165, 1.54) is 11.1 Å². The first-order valence-electron chi connectivity index (χ1n) is 5.38. The SMILES string of the molecule is C=CCNC(=NC)NCc1ccccc1C.I. The molecule has 0 atom stereocenters. The number of nitrogens with zero attached hydrogens (tertiary/aromatic N) is 1. The summed E-state index contributed by atoms with van der Waals surface area (Å²) < 4.78 is 0. The van der Waals surface area contributed by atoms with Crippen LogP contribution in [0.1, 0.15) is 11.1 Å². The fraction of sp³-hybridized carbons (Fsp3) is 0.308. The van der Waals surface area contributed by atoms with Crippen LogP contribution in [-0.2, 0) is 6.54 Å². The molecule has 0 fully saturated rings. The first kappa shape index (κ1) is 16.0. The van der Waals surface area contributed by atoms with E-state index in [1.807, 2.05) is 12.1 Å². The van der Waals surface area contributed by atoms with Gasteiger partial charge in [-0.1, -0.05) is 30.3 Å². The van der Waals surface area contributed by atoms with Gasteiger partial charge in [0.25, 0.3) is 0 Å². The molecule has 1 aromatic rings. The zero-order valence-corrected chi connectivity index (χ0v) is 12.7. The molecule has 1 rings (SSSR count). The van der Waals surface area contributed by atoms with Gasteiger partial charge in [0.05, 0.1) is 0 Å². The van der Waals surface area contributed by atoms with Gasteiger partial charge in [-0.15, -0.1) is 30.6 Å². The van der Waals surface area contributed by atoms with Gasteiger partial charge < -0.3 is 10.6 Å². The topological polar surface area (TPSA) is 36.4 Å². The standard InChI is InChI=1S/C13H19N3.HI/c1-4-9-15-13(14-3)16-10-12-8-6-5-7-11(12)2;/h4-8H,1,9-10H2,2-3H3,(H2,14,15,16);1H. The van der Waals surface area contributed by atoms with E-state index in [9.17, 15) is 0 Å². The Bertz CT molecular complexity index is 375. The highest BCUT2D eigenvalue weighted by Gasteiger charge is 1.98. The van der Waals surface area contributed by atoms with Crippen LogP contribution < -0.4 is 10.6 Å². The Kier molecular flexibility index (Phi) is 8.49. The summed E-state index contributed by atoms with van der Waals surface area (Å²) in [6, 6.07) is 8.31. The Morgan fingerprint density at radius 1 is 1.35 bits per heavy atom. The molecule has 0 aliphatic rings. The average Bonchev–Trinajstić information content (AvgIpc) is 2.31. The third-order valence-corrected chi connectivity index (χ3v) is 2.34. The minimum absolute atomic E-state index is 0. The van der Waals surface area contributed by atoms with Gasteiger partial charge in [0.2, 0.25) is 0 Å². The third kappa shape index (κ3) is 5.72. The summed E-state index contributed by atoms with van der Waals surface area (Å²) in [5, 5.41) is 6.38. The zero-order valence-electron chi connectivity index (χ0n) is 10.4. The molecule has 2 N–H and O–H groups in total. The summed E-state index contributed by atoms with van der Waals surface area (Å²) in [7, 11) is 1.76. The maximum Gasteiger partial charge on any atom is 0.191 e. The van der Waals surface area contributed by atoms with Gasteiger partial charge in [0, 0.05) is 20.1 Å². The summed E-state index contributed by atoms with van der Waals surface area (Å²) in [6.45, 7) is 7.26. The number of hydrogen-bond acceptors (Lipinski definition) is 1. The molecule has 94 valence electrons. The highest BCUT2D eigenvalue weighted by molar-refractivity contribution is 14.0. The predicted octanol–water partition coefficient (Wildman–Crippen LogP) is 2.46. The molecule has 0 spiro atoms. The van der Waals surface area contributed by atoms with Gasteiger partial charge in [-0.2, -0.15) is 0 Å². The molecular weight excluding hydrogens is 325 g/mol. The molecule has 17 heavy (non-hydrogen) atoms. The molecule has 0 heterocycles. The fourth-order valence-electron chi connectivity index (χ4n) is 1.38. The smallest absolute Gasteiger partial charge is 0.191 e. The van der Waals surface area contributed by atoms with Crippen LogP contribution in [0.4, 0.5) is 0 Å². The lowest BCUT2D eigenvalue weighted by atomic mass is 10.1. The molecule has 0 saturated heterocycles. The number of aliphatic imine (C=N–C) groups is 1. The van der Waals surface area contributed by atoms with Crippen LogP contribution in [0, 0.1) is 6.92 Å². The Balaban J connectivity index is 0.00000256. The molecule has 0 radical (unpaired) electrons. The minimum Gasteiger partial charge on any atom is -0.353 e. The van der Waals surface area contributed by atoms with Crippen LogP contribution in [0.2, 0.25) is 0 Å². The van der Waals surface area contributed by atoms with Crippen molar-refractivity contribution in [3.8, 4) is 0 Å². The van der Waals surface area contributed by atoms with Crippen LogP contribution in [0.15, 0.2) is 41.9 Å². The van der Waals surface area contributed by atoms with E-state index in [0.29, 0.717) is 6.54 Å². The van der Waals surface area contributed by atoms with E-state index < -0.39 is 0 Å². The highest BCUT2D eigenvalue weighted by atomic mass is 127. The van der Waals surface area contributed by atoms with E-state index in [2.05, 4.69) is 41.3 Å². The lowest BCUT2D eigenvalue weighted by Gasteiger charge is -2.11. The number of nitrogens with one attached hydrogen (secondary N) is 2. The Morgan fingerprint density at radius 2 is 2.06 bits per heavy atom. The largest absolute Gasteiger partial charge is 0.353 e. The quantitative estimate of drug-likeness (QED) is 0.381. The molecule has 3 nitrogen and oxygen atoms in total.